The molecular formula is C18H16N2O4. The highest BCUT2D eigenvalue weighted by Crippen LogP contribution is 2.29. The van der Waals surface area contributed by atoms with E-state index >= 15 is 0 Å². The summed E-state index contributed by atoms with van der Waals surface area (Å²) in [5.74, 6) is -0.823. The molecule has 1 N–H and O–H groups in total. The third kappa shape index (κ3) is 3.27. The lowest BCUT2D eigenvalue weighted by Gasteiger charge is -2.19. The first-order valence-electron chi connectivity index (χ1n) is 7.36. The Morgan fingerprint density at radius 3 is 2.75 bits per heavy atom. The van der Waals surface area contributed by atoms with E-state index in [0.717, 1.165) is 16.7 Å². The lowest BCUT2D eigenvalue weighted by molar-refractivity contribution is 0.0696. The van der Waals surface area contributed by atoms with Gasteiger partial charge in [-0.1, -0.05) is 23.8 Å². The zero-order valence-corrected chi connectivity index (χ0v) is 13.3. The van der Waals surface area contributed by atoms with Gasteiger partial charge in [-0.05, 0) is 25.5 Å². The molecule has 0 amide bonds. The summed E-state index contributed by atoms with van der Waals surface area (Å²) < 4.78 is 11.1. The van der Waals surface area contributed by atoms with Crippen molar-refractivity contribution in [2.24, 2.45) is 0 Å². The van der Waals surface area contributed by atoms with Crippen LogP contribution in [0.2, 0.25) is 0 Å². The van der Waals surface area contributed by atoms with Gasteiger partial charge in [-0.2, -0.15) is 0 Å². The van der Waals surface area contributed by atoms with E-state index in [1.54, 1.807) is 0 Å². The van der Waals surface area contributed by atoms with Gasteiger partial charge < -0.3 is 14.3 Å². The molecule has 2 aromatic heterocycles. The van der Waals surface area contributed by atoms with Crippen molar-refractivity contribution in [3.05, 3.63) is 77.1 Å². The molecule has 2 heterocycles. The van der Waals surface area contributed by atoms with E-state index in [2.05, 4.69) is 9.97 Å². The Balaban J connectivity index is 2.02. The molecule has 0 spiro atoms. The SMILES string of the molecule is Cc1ccc(C)c(C(Oc2cc(C(=O)O)ccn2)c2cocn2)c1. The highest BCUT2D eigenvalue weighted by molar-refractivity contribution is 5.87. The minimum absolute atomic E-state index is 0.111. The van der Waals surface area contributed by atoms with E-state index in [9.17, 15) is 4.79 Å². The molecule has 6 heteroatoms. The number of carbonyl (C=O) groups is 1. The number of aromatic carboxylic acids is 1. The lowest BCUT2D eigenvalue weighted by atomic mass is 9.99. The Kier molecular flexibility index (Phi) is 4.29. The van der Waals surface area contributed by atoms with Gasteiger partial charge in [0.05, 0.1) is 5.56 Å². The fourth-order valence-electron chi connectivity index (χ4n) is 2.40. The fraction of sp³-hybridized carbons (Fsp3) is 0.167. The van der Waals surface area contributed by atoms with Crippen LogP contribution in [0.4, 0.5) is 0 Å². The molecule has 122 valence electrons. The minimum Gasteiger partial charge on any atom is -0.478 e. The molecule has 0 radical (unpaired) electrons. The summed E-state index contributed by atoms with van der Waals surface area (Å²) in [4.78, 5) is 19.4. The smallest absolute Gasteiger partial charge is 0.335 e. The number of nitrogens with zero attached hydrogens (tertiary/aromatic N) is 2. The second-order valence-electron chi connectivity index (χ2n) is 5.46. The first kappa shape index (κ1) is 15.7. The third-order valence-electron chi connectivity index (χ3n) is 3.66. The molecule has 0 aliphatic heterocycles. The summed E-state index contributed by atoms with van der Waals surface area (Å²) >= 11 is 0. The fourth-order valence-corrected chi connectivity index (χ4v) is 2.40. The molecule has 0 aliphatic rings. The zero-order valence-electron chi connectivity index (χ0n) is 13.3. The van der Waals surface area contributed by atoms with Crippen molar-refractivity contribution in [1.29, 1.82) is 0 Å². The summed E-state index contributed by atoms with van der Waals surface area (Å²) in [6.07, 6.45) is 3.70. The van der Waals surface area contributed by atoms with E-state index < -0.39 is 12.1 Å². The average Bonchev–Trinajstić information content (AvgIpc) is 3.09. The van der Waals surface area contributed by atoms with Crippen molar-refractivity contribution in [3.63, 3.8) is 0 Å². The molecule has 1 unspecified atom stereocenters. The van der Waals surface area contributed by atoms with Crippen LogP contribution in [-0.2, 0) is 0 Å². The molecule has 1 aromatic carbocycles. The zero-order chi connectivity index (χ0) is 17.1. The second kappa shape index (κ2) is 6.54. The van der Waals surface area contributed by atoms with Gasteiger partial charge in [-0.3, -0.25) is 0 Å². The number of benzene rings is 1. The summed E-state index contributed by atoms with van der Waals surface area (Å²) in [7, 11) is 0. The number of carboxylic acids is 1. The normalized spacial score (nSPS) is 11.9. The second-order valence-corrected chi connectivity index (χ2v) is 5.46. The van der Waals surface area contributed by atoms with Crippen molar-refractivity contribution in [3.8, 4) is 5.88 Å². The van der Waals surface area contributed by atoms with Crippen LogP contribution >= 0.6 is 0 Å². The summed E-state index contributed by atoms with van der Waals surface area (Å²) in [5.41, 5.74) is 3.74. The number of pyridine rings is 1. The number of carboxylic acid groups (broad SMARTS) is 1. The Hall–Kier alpha value is -3.15. The molecule has 6 nitrogen and oxygen atoms in total. The number of hydrogen-bond acceptors (Lipinski definition) is 5. The molecule has 0 saturated heterocycles. The Labute approximate surface area is 138 Å². The first-order chi connectivity index (χ1) is 11.5. The van der Waals surface area contributed by atoms with E-state index in [1.165, 1.54) is 31.0 Å². The van der Waals surface area contributed by atoms with Gasteiger partial charge in [0.15, 0.2) is 12.5 Å². The van der Waals surface area contributed by atoms with Crippen molar-refractivity contribution < 1.29 is 19.1 Å². The maximum absolute atomic E-state index is 11.1. The van der Waals surface area contributed by atoms with Gasteiger partial charge in [0.25, 0.3) is 0 Å². The Morgan fingerprint density at radius 1 is 1.21 bits per heavy atom. The molecule has 0 aliphatic carbocycles. The van der Waals surface area contributed by atoms with Crippen molar-refractivity contribution in [2.45, 2.75) is 20.0 Å². The van der Waals surface area contributed by atoms with Crippen LogP contribution in [-0.4, -0.2) is 21.0 Å². The van der Waals surface area contributed by atoms with E-state index in [-0.39, 0.29) is 11.4 Å². The quantitative estimate of drug-likeness (QED) is 0.772. The van der Waals surface area contributed by atoms with Crippen LogP contribution in [0.3, 0.4) is 0 Å². The Bertz CT molecular complexity index is 859. The molecule has 24 heavy (non-hydrogen) atoms. The van der Waals surface area contributed by atoms with E-state index in [4.69, 9.17) is 14.3 Å². The monoisotopic (exact) mass is 324 g/mol. The van der Waals surface area contributed by atoms with Crippen molar-refractivity contribution >= 4 is 5.97 Å². The van der Waals surface area contributed by atoms with E-state index in [1.807, 2.05) is 32.0 Å². The van der Waals surface area contributed by atoms with Crippen LogP contribution in [0.5, 0.6) is 5.88 Å². The molecule has 0 bridgehead atoms. The standard InChI is InChI=1S/C18H16N2O4/c1-11-3-4-12(2)14(7-11)17(15-9-23-10-20-15)24-16-8-13(18(21)22)5-6-19-16/h3-10,17H,1-2H3,(H,21,22). The number of hydrogen-bond donors (Lipinski definition) is 1. The number of rotatable bonds is 5. The van der Waals surface area contributed by atoms with Gasteiger partial charge in [0, 0.05) is 17.8 Å². The number of aromatic nitrogens is 2. The largest absolute Gasteiger partial charge is 0.478 e. The van der Waals surface area contributed by atoms with Crippen LogP contribution < -0.4 is 4.74 Å². The van der Waals surface area contributed by atoms with E-state index in [0.29, 0.717) is 5.69 Å². The molecule has 1 atom stereocenters. The van der Waals surface area contributed by atoms with Gasteiger partial charge in [-0.15, -0.1) is 0 Å². The Morgan fingerprint density at radius 2 is 2.04 bits per heavy atom. The predicted molar refractivity (Wildman–Crippen MR) is 86.1 cm³/mol. The van der Waals surface area contributed by atoms with Gasteiger partial charge in [0.1, 0.15) is 12.0 Å². The number of aryl methyl sites for hydroxylation is 2. The van der Waals surface area contributed by atoms with Crippen LogP contribution in [0.1, 0.15) is 38.8 Å². The minimum atomic E-state index is -1.04. The molecule has 3 aromatic rings. The van der Waals surface area contributed by atoms with Gasteiger partial charge >= 0.3 is 5.97 Å². The number of ether oxygens (including phenoxy) is 1. The number of oxazole rings is 1. The van der Waals surface area contributed by atoms with Crippen molar-refractivity contribution in [2.75, 3.05) is 0 Å². The predicted octanol–water partition coefficient (Wildman–Crippen LogP) is 3.55. The first-order valence-corrected chi connectivity index (χ1v) is 7.36. The molecule has 0 fully saturated rings. The van der Waals surface area contributed by atoms with Crippen LogP contribution in [0, 0.1) is 13.8 Å². The van der Waals surface area contributed by atoms with Crippen molar-refractivity contribution in [1.82, 2.24) is 9.97 Å². The van der Waals surface area contributed by atoms with Crippen LogP contribution in [0.15, 0.2) is 53.6 Å². The molecular weight excluding hydrogens is 308 g/mol. The van der Waals surface area contributed by atoms with Crippen LogP contribution in [0.25, 0.3) is 0 Å². The topological polar surface area (TPSA) is 85.5 Å². The average molecular weight is 324 g/mol. The summed E-state index contributed by atoms with van der Waals surface area (Å²) in [6, 6.07) is 8.83. The summed E-state index contributed by atoms with van der Waals surface area (Å²) in [5, 5.41) is 9.11. The summed E-state index contributed by atoms with van der Waals surface area (Å²) in [6.45, 7) is 3.97. The van der Waals surface area contributed by atoms with Gasteiger partial charge in [0.2, 0.25) is 5.88 Å². The third-order valence-corrected chi connectivity index (χ3v) is 3.66. The van der Waals surface area contributed by atoms with Gasteiger partial charge in [-0.25, -0.2) is 14.8 Å². The highest BCUT2D eigenvalue weighted by atomic mass is 16.5. The molecule has 3 rings (SSSR count). The maximum atomic E-state index is 11.1. The molecule has 0 saturated carbocycles. The lowest BCUT2D eigenvalue weighted by Crippen LogP contribution is -2.13. The highest BCUT2D eigenvalue weighted by Gasteiger charge is 2.22. The maximum Gasteiger partial charge on any atom is 0.335 e.